The minimum atomic E-state index is -1.13. The smallest absolute Gasteiger partial charge is 0.371 e. The highest BCUT2D eigenvalue weighted by atomic mass is 35.5. The Bertz CT molecular complexity index is 656. The normalized spacial score (nSPS) is 10.3. The van der Waals surface area contributed by atoms with E-state index in [9.17, 15) is 9.59 Å². The van der Waals surface area contributed by atoms with Crippen LogP contribution in [0.2, 0.25) is 5.02 Å². The van der Waals surface area contributed by atoms with E-state index in [-0.39, 0.29) is 17.4 Å². The van der Waals surface area contributed by atoms with Crippen molar-refractivity contribution in [2.75, 3.05) is 5.75 Å². The standard InChI is InChI=1S/C14H12ClNO4S/c15-10-4-2-1-3-9(10)7-16-12(17)8-21-13-6-5-11(20-13)14(18)19/h1-6H,7-8H2,(H,16,17)(H,18,19). The fourth-order valence-electron chi connectivity index (χ4n) is 1.54. The number of rotatable bonds is 6. The van der Waals surface area contributed by atoms with E-state index in [1.807, 2.05) is 18.2 Å². The van der Waals surface area contributed by atoms with Crippen LogP contribution in [0.15, 0.2) is 45.9 Å². The molecule has 1 heterocycles. The molecule has 0 saturated heterocycles. The van der Waals surface area contributed by atoms with Gasteiger partial charge in [-0.3, -0.25) is 4.79 Å². The van der Waals surface area contributed by atoms with Gasteiger partial charge in [-0.25, -0.2) is 4.79 Å². The average Bonchev–Trinajstić information content (AvgIpc) is 2.93. The Hall–Kier alpha value is -1.92. The molecule has 0 atom stereocenters. The summed E-state index contributed by atoms with van der Waals surface area (Å²) in [6.07, 6.45) is 0. The maximum atomic E-state index is 11.7. The molecule has 0 saturated carbocycles. The first kappa shape index (κ1) is 15.5. The van der Waals surface area contributed by atoms with Crippen molar-refractivity contribution in [3.63, 3.8) is 0 Å². The van der Waals surface area contributed by atoms with Crippen molar-refractivity contribution in [1.29, 1.82) is 0 Å². The van der Waals surface area contributed by atoms with Crippen LogP contribution in [0.3, 0.4) is 0 Å². The molecule has 1 aromatic heterocycles. The molecule has 5 nitrogen and oxygen atoms in total. The van der Waals surface area contributed by atoms with Crippen LogP contribution in [0, 0.1) is 0 Å². The molecule has 0 spiro atoms. The molecule has 21 heavy (non-hydrogen) atoms. The third-order valence-corrected chi connectivity index (χ3v) is 3.85. The van der Waals surface area contributed by atoms with Gasteiger partial charge in [0, 0.05) is 11.6 Å². The van der Waals surface area contributed by atoms with Gasteiger partial charge in [-0.1, -0.05) is 41.6 Å². The monoisotopic (exact) mass is 325 g/mol. The number of hydrogen-bond acceptors (Lipinski definition) is 4. The second-order valence-electron chi connectivity index (χ2n) is 4.08. The molecule has 0 unspecified atom stereocenters. The van der Waals surface area contributed by atoms with E-state index in [1.54, 1.807) is 6.07 Å². The zero-order valence-electron chi connectivity index (χ0n) is 10.8. The van der Waals surface area contributed by atoms with Gasteiger partial charge in [-0.05, 0) is 23.8 Å². The Morgan fingerprint density at radius 2 is 2.00 bits per heavy atom. The summed E-state index contributed by atoms with van der Waals surface area (Å²) in [7, 11) is 0. The summed E-state index contributed by atoms with van der Waals surface area (Å²) in [4.78, 5) is 22.4. The van der Waals surface area contributed by atoms with Gasteiger partial charge in [0.1, 0.15) is 0 Å². The number of carbonyl (C=O) groups is 2. The van der Waals surface area contributed by atoms with Crippen LogP contribution in [0.25, 0.3) is 0 Å². The van der Waals surface area contributed by atoms with Crippen LogP contribution >= 0.6 is 23.4 Å². The van der Waals surface area contributed by atoms with Crippen LogP contribution in [-0.2, 0) is 11.3 Å². The highest BCUT2D eigenvalue weighted by Crippen LogP contribution is 2.21. The van der Waals surface area contributed by atoms with Gasteiger partial charge in [-0.2, -0.15) is 0 Å². The number of halogens is 1. The molecule has 1 aromatic carbocycles. The van der Waals surface area contributed by atoms with Crippen LogP contribution in [0.1, 0.15) is 16.1 Å². The molecule has 0 aliphatic carbocycles. The Morgan fingerprint density at radius 3 is 2.67 bits per heavy atom. The van der Waals surface area contributed by atoms with Gasteiger partial charge in [0.15, 0.2) is 5.09 Å². The van der Waals surface area contributed by atoms with Gasteiger partial charge in [-0.15, -0.1) is 0 Å². The fourth-order valence-corrected chi connectivity index (χ4v) is 2.43. The SMILES string of the molecule is O=C(CSc1ccc(C(=O)O)o1)NCc1ccccc1Cl. The van der Waals surface area contributed by atoms with E-state index in [0.717, 1.165) is 17.3 Å². The topological polar surface area (TPSA) is 79.5 Å². The Morgan fingerprint density at radius 1 is 1.24 bits per heavy atom. The minimum Gasteiger partial charge on any atom is -0.475 e. The number of carboxylic acids is 1. The summed E-state index contributed by atoms with van der Waals surface area (Å²) < 4.78 is 5.04. The van der Waals surface area contributed by atoms with Crippen molar-refractivity contribution in [2.24, 2.45) is 0 Å². The molecule has 2 aromatic rings. The largest absolute Gasteiger partial charge is 0.475 e. The quantitative estimate of drug-likeness (QED) is 0.798. The van der Waals surface area contributed by atoms with E-state index in [1.165, 1.54) is 12.1 Å². The first-order chi connectivity index (χ1) is 10.1. The van der Waals surface area contributed by atoms with Crippen molar-refractivity contribution >= 4 is 35.2 Å². The first-order valence-corrected chi connectivity index (χ1v) is 7.38. The third-order valence-electron chi connectivity index (χ3n) is 2.57. The average molecular weight is 326 g/mol. The lowest BCUT2D eigenvalue weighted by Crippen LogP contribution is -2.24. The van der Waals surface area contributed by atoms with Crippen molar-refractivity contribution in [3.8, 4) is 0 Å². The zero-order chi connectivity index (χ0) is 15.2. The predicted octanol–water partition coefficient (Wildman–Crippen LogP) is 3.04. The maximum absolute atomic E-state index is 11.7. The number of thioether (sulfide) groups is 1. The molecule has 0 aliphatic heterocycles. The number of nitrogens with one attached hydrogen (secondary N) is 1. The predicted molar refractivity (Wildman–Crippen MR) is 79.7 cm³/mol. The number of hydrogen-bond donors (Lipinski definition) is 2. The number of carboxylic acid groups (broad SMARTS) is 1. The Labute approximate surface area is 130 Å². The van der Waals surface area contributed by atoms with Crippen LogP contribution in [-0.4, -0.2) is 22.7 Å². The maximum Gasteiger partial charge on any atom is 0.371 e. The molecule has 0 radical (unpaired) electrons. The minimum absolute atomic E-state index is 0.136. The number of benzene rings is 1. The summed E-state index contributed by atoms with van der Waals surface area (Å²) in [5.74, 6) is -1.33. The molecule has 0 aliphatic rings. The highest BCUT2D eigenvalue weighted by molar-refractivity contribution is 7.99. The molecule has 1 amide bonds. The lowest BCUT2D eigenvalue weighted by molar-refractivity contribution is -0.118. The molecular formula is C14H12ClNO4S. The van der Waals surface area contributed by atoms with Crippen molar-refractivity contribution in [2.45, 2.75) is 11.6 Å². The van der Waals surface area contributed by atoms with E-state index in [4.69, 9.17) is 21.1 Å². The Balaban J connectivity index is 1.79. The van der Waals surface area contributed by atoms with Crippen LogP contribution < -0.4 is 5.32 Å². The number of aromatic carboxylic acids is 1. The van der Waals surface area contributed by atoms with E-state index in [0.29, 0.717) is 16.7 Å². The van der Waals surface area contributed by atoms with Crippen molar-refractivity contribution in [3.05, 3.63) is 52.7 Å². The molecule has 0 fully saturated rings. The highest BCUT2D eigenvalue weighted by Gasteiger charge is 2.11. The van der Waals surface area contributed by atoms with Gasteiger partial charge < -0.3 is 14.8 Å². The van der Waals surface area contributed by atoms with Crippen LogP contribution in [0.4, 0.5) is 0 Å². The summed E-state index contributed by atoms with van der Waals surface area (Å²) in [6, 6.07) is 10.1. The summed E-state index contributed by atoms with van der Waals surface area (Å²) in [6.45, 7) is 0.345. The molecule has 0 bridgehead atoms. The van der Waals surface area contributed by atoms with Gasteiger partial charge in [0.2, 0.25) is 11.7 Å². The van der Waals surface area contributed by atoms with Gasteiger partial charge in [0.05, 0.1) is 5.75 Å². The number of carbonyl (C=O) groups excluding carboxylic acids is 1. The first-order valence-electron chi connectivity index (χ1n) is 6.02. The summed E-state index contributed by atoms with van der Waals surface area (Å²) >= 11 is 7.12. The molecule has 2 rings (SSSR count). The Kier molecular flexibility index (Phi) is 5.30. The van der Waals surface area contributed by atoms with Crippen molar-refractivity contribution in [1.82, 2.24) is 5.32 Å². The second kappa shape index (κ2) is 7.19. The zero-order valence-corrected chi connectivity index (χ0v) is 12.4. The van der Waals surface area contributed by atoms with Gasteiger partial charge in [0.25, 0.3) is 0 Å². The molecular weight excluding hydrogens is 314 g/mol. The molecule has 2 N–H and O–H groups in total. The van der Waals surface area contributed by atoms with Crippen molar-refractivity contribution < 1.29 is 19.1 Å². The summed E-state index contributed by atoms with van der Waals surface area (Å²) in [5, 5.41) is 12.4. The second-order valence-corrected chi connectivity index (χ2v) is 5.47. The lowest BCUT2D eigenvalue weighted by atomic mass is 10.2. The van der Waals surface area contributed by atoms with Crippen LogP contribution in [0.5, 0.6) is 0 Å². The number of amides is 1. The third kappa shape index (κ3) is 4.54. The fraction of sp³-hybridized carbons (Fsp3) is 0.143. The summed E-state index contributed by atoms with van der Waals surface area (Å²) in [5.41, 5.74) is 0.837. The van der Waals surface area contributed by atoms with E-state index in [2.05, 4.69) is 5.32 Å². The van der Waals surface area contributed by atoms with E-state index >= 15 is 0 Å². The van der Waals surface area contributed by atoms with E-state index < -0.39 is 5.97 Å². The number of furan rings is 1. The molecule has 7 heteroatoms. The lowest BCUT2D eigenvalue weighted by Gasteiger charge is -2.06. The molecule has 110 valence electrons. The van der Waals surface area contributed by atoms with Gasteiger partial charge >= 0.3 is 5.97 Å².